The molecule has 2 aromatic heterocycles. The number of aromatic nitrogens is 2. The second-order valence-electron chi connectivity index (χ2n) is 6.82. The maximum absolute atomic E-state index is 12.6. The van der Waals surface area contributed by atoms with Gasteiger partial charge in [-0.05, 0) is 75.7 Å². The fourth-order valence-corrected chi connectivity index (χ4v) is 3.56. The third kappa shape index (κ3) is 4.09. The highest BCUT2D eigenvalue weighted by Gasteiger charge is 2.15. The Kier molecular flexibility index (Phi) is 5.88. The van der Waals surface area contributed by atoms with E-state index < -0.39 is 5.91 Å². The number of aryl methyl sites for hydroxylation is 3. The van der Waals surface area contributed by atoms with Crippen LogP contribution in [0.15, 0.2) is 42.0 Å². The van der Waals surface area contributed by atoms with Crippen molar-refractivity contribution in [3.63, 3.8) is 0 Å². The zero-order chi connectivity index (χ0) is 21.3. The summed E-state index contributed by atoms with van der Waals surface area (Å²) in [5, 5.41) is 10.5. The molecule has 0 fully saturated rings. The number of carbonyl (C=O) groups excluding carboxylic acids is 1. The highest BCUT2D eigenvalue weighted by Crippen LogP contribution is 2.28. The topological polar surface area (TPSA) is 62.8 Å². The molecule has 1 aromatic carbocycles. The van der Waals surface area contributed by atoms with Gasteiger partial charge in [0.25, 0.3) is 5.91 Å². The van der Waals surface area contributed by atoms with E-state index in [9.17, 15) is 10.1 Å². The van der Waals surface area contributed by atoms with Gasteiger partial charge in [-0.3, -0.25) is 14.9 Å². The summed E-state index contributed by atoms with van der Waals surface area (Å²) < 4.78 is 3.66. The van der Waals surface area contributed by atoms with Gasteiger partial charge in [0, 0.05) is 28.5 Å². The lowest BCUT2D eigenvalue weighted by Crippen LogP contribution is -2.25. The lowest BCUT2D eigenvalue weighted by Gasteiger charge is -2.11. The first kappa shape index (κ1) is 20.8. The number of halogens is 2. The Hall–Kier alpha value is -2.94. The molecule has 5 nitrogen and oxygen atoms in total. The van der Waals surface area contributed by atoms with Gasteiger partial charge in [0.2, 0.25) is 0 Å². The quantitative estimate of drug-likeness (QED) is 0.442. The van der Waals surface area contributed by atoms with E-state index in [0.717, 1.165) is 34.0 Å². The third-order valence-corrected chi connectivity index (χ3v) is 5.52. The van der Waals surface area contributed by atoms with Gasteiger partial charge in [0.05, 0.1) is 10.0 Å². The SMILES string of the molecule is Cc1ccc(C)n1NC(=O)/C(C#N)=C\c1cc(C)n(-c2ccc(Cl)c(Cl)c2)c1C. The second-order valence-corrected chi connectivity index (χ2v) is 7.64. The Bertz CT molecular complexity index is 1160. The summed E-state index contributed by atoms with van der Waals surface area (Å²) in [6, 6.07) is 13.1. The third-order valence-electron chi connectivity index (χ3n) is 4.78. The van der Waals surface area contributed by atoms with Crippen molar-refractivity contribution in [3.8, 4) is 11.8 Å². The maximum atomic E-state index is 12.6. The Morgan fingerprint density at radius 3 is 2.24 bits per heavy atom. The van der Waals surface area contributed by atoms with Crippen molar-refractivity contribution in [3.05, 3.63) is 80.4 Å². The summed E-state index contributed by atoms with van der Waals surface area (Å²) in [6.07, 6.45) is 1.60. The molecule has 0 saturated carbocycles. The zero-order valence-corrected chi connectivity index (χ0v) is 18.1. The van der Waals surface area contributed by atoms with Crippen molar-refractivity contribution >= 4 is 35.2 Å². The first-order valence-electron chi connectivity index (χ1n) is 8.95. The van der Waals surface area contributed by atoms with Gasteiger partial charge in [0.15, 0.2) is 0 Å². The van der Waals surface area contributed by atoms with Crippen LogP contribution in [0.3, 0.4) is 0 Å². The van der Waals surface area contributed by atoms with Crippen molar-refractivity contribution < 1.29 is 4.79 Å². The van der Waals surface area contributed by atoms with Gasteiger partial charge < -0.3 is 4.57 Å². The highest BCUT2D eigenvalue weighted by atomic mass is 35.5. The molecule has 0 aliphatic carbocycles. The standard InChI is InChI=1S/C22H20Cl2N4O/c1-13-5-6-14(2)28(13)26-22(29)18(12-25)10-17-9-15(3)27(16(17)4)19-7-8-20(23)21(24)11-19/h5-11H,1-4H3,(H,26,29)/b18-10-. The average Bonchev–Trinajstić information content (AvgIpc) is 3.14. The van der Waals surface area contributed by atoms with E-state index in [1.807, 2.05) is 62.6 Å². The van der Waals surface area contributed by atoms with Gasteiger partial charge in [-0.2, -0.15) is 5.26 Å². The minimum absolute atomic E-state index is 0.0203. The molecule has 29 heavy (non-hydrogen) atoms. The van der Waals surface area contributed by atoms with Crippen molar-refractivity contribution in [1.29, 1.82) is 5.26 Å². The Morgan fingerprint density at radius 2 is 1.66 bits per heavy atom. The van der Waals surface area contributed by atoms with Crippen molar-refractivity contribution in [2.45, 2.75) is 27.7 Å². The lowest BCUT2D eigenvalue weighted by molar-refractivity contribution is -0.113. The minimum atomic E-state index is -0.464. The molecular weight excluding hydrogens is 407 g/mol. The number of nitriles is 1. The van der Waals surface area contributed by atoms with Gasteiger partial charge in [0.1, 0.15) is 11.6 Å². The van der Waals surface area contributed by atoms with E-state index in [1.54, 1.807) is 22.9 Å². The summed E-state index contributed by atoms with van der Waals surface area (Å²) in [6.45, 7) is 7.64. The first-order chi connectivity index (χ1) is 13.7. The summed E-state index contributed by atoms with van der Waals surface area (Å²) in [7, 11) is 0. The molecule has 0 radical (unpaired) electrons. The number of rotatable bonds is 4. The smallest absolute Gasteiger partial charge is 0.280 e. The summed E-state index contributed by atoms with van der Waals surface area (Å²) in [5.41, 5.74) is 8.01. The molecule has 0 saturated heterocycles. The number of carbonyl (C=O) groups is 1. The number of hydrogen-bond acceptors (Lipinski definition) is 2. The van der Waals surface area contributed by atoms with Crippen LogP contribution >= 0.6 is 23.2 Å². The molecule has 7 heteroatoms. The van der Waals surface area contributed by atoms with Crippen LogP contribution in [0, 0.1) is 39.0 Å². The molecule has 3 rings (SSSR count). The van der Waals surface area contributed by atoms with Gasteiger partial charge >= 0.3 is 0 Å². The van der Waals surface area contributed by atoms with E-state index in [2.05, 4.69) is 5.43 Å². The number of nitrogens with zero attached hydrogens (tertiary/aromatic N) is 3. The van der Waals surface area contributed by atoms with E-state index in [4.69, 9.17) is 23.2 Å². The minimum Gasteiger partial charge on any atom is -0.318 e. The fraction of sp³-hybridized carbons (Fsp3) is 0.182. The molecule has 0 spiro atoms. The van der Waals surface area contributed by atoms with Gasteiger partial charge in [-0.1, -0.05) is 23.2 Å². The summed E-state index contributed by atoms with van der Waals surface area (Å²) >= 11 is 12.2. The van der Waals surface area contributed by atoms with Crippen molar-refractivity contribution in [1.82, 2.24) is 9.24 Å². The van der Waals surface area contributed by atoms with E-state index in [0.29, 0.717) is 10.0 Å². The van der Waals surface area contributed by atoms with Crippen LogP contribution in [0.1, 0.15) is 28.3 Å². The molecule has 3 aromatic rings. The first-order valence-corrected chi connectivity index (χ1v) is 9.71. The van der Waals surface area contributed by atoms with E-state index >= 15 is 0 Å². The molecule has 2 heterocycles. The molecule has 1 amide bonds. The number of amides is 1. The van der Waals surface area contributed by atoms with Gasteiger partial charge in [-0.25, -0.2) is 0 Å². The molecule has 148 valence electrons. The predicted molar refractivity (Wildman–Crippen MR) is 117 cm³/mol. The van der Waals surface area contributed by atoms with Crippen LogP contribution < -0.4 is 5.43 Å². The number of hydrogen-bond donors (Lipinski definition) is 1. The highest BCUT2D eigenvalue weighted by molar-refractivity contribution is 6.42. The maximum Gasteiger partial charge on any atom is 0.280 e. The summed E-state index contributed by atoms with van der Waals surface area (Å²) in [5.74, 6) is -0.464. The predicted octanol–water partition coefficient (Wildman–Crippen LogP) is 5.50. The molecule has 1 N–H and O–H groups in total. The molecule has 0 unspecified atom stereocenters. The molecule has 0 aliphatic heterocycles. The lowest BCUT2D eigenvalue weighted by atomic mass is 10.1. The monoisotopic (exact) mass is 426 g/mol. The molecular formula is C22H20Cl2N4O. The number of nitrogens with one attached hydrogen (secondary N) is 1. The van der Waals surface area contributed by atoms with E-state index in [-0.39, 0.29) is 5.57 Å². The second kappa shape index (κ2) is 8.20. The van der Waals surface area contributed by atoms with Gasteiger partial charge in [-0.15, -0.1) is 0 Å². The van der Waals surface area contributed by atoms with Crippen molar-refractivity contribution in [2.75, 3.05) is 5.43 Å². The molecule has 0 aliphatic rings. The number of benzene rings is 1. The van der Waals surface area contributed by atoms with Crippen LogP contribution in [0.2, 0.25) is 10.0 Å². The van der Waals surface area contributed by atoms with E-state index in [1.165, 1.54) is 0 Å². The van der Waals surface area contributed by atoms with Crippen LogP contribution in [0.25, 0.3) is 11.8 Å². The zero-order valence-electron chi connectivity index (χ0n) is 16.5. The van der Waals surface area contributed by atoms with Crippen molar-refractivity contribution in [2.24, 2.45) is 0 Å². The van der Waals surface area contributed by atoms with Crippen LogP contribution in [0.5, 0.6) is 0 Å². The van der Waals surface area contributed by atoms with Crippen LogP contribution in [-0.4, -0.2) is 15.2 Å². The average molecular weight is 427 g/mol. The Morgan fingerprint density at radius 1 is 1.00 bits per heavy atom. The normalized spacial score (nSPS) is 11.4. The Labute approximate surface area is 179 Å². The largest absolute Gasteiger partial charge is 0.318 e. The van der Waals surface area contributed by atoms with Crippen LogP contribution in [-0.2, 0) is 4.79 Å². The Balaban J connectivity index is 1.97. The fourth-order valence-electron chi connectivity index (χ4n) is 3.27. The molecule has 0 atom stereocenters. The summed E-state index contributed by atoms with van der Waals surface area (Å²) in [4.78, 5) is 12.6. The molecule has 0 bridgehead atoms. The van der Waals surface area contributed by atoms with Crippen LogP contribution in [0.4, 0.5) is 0 Å².